The molecular formula is C16H26ClN5O2. The summed E-state index contributed by atoms with van der Waals surface area (Å²) in [5, 5.41) is 6.46. The molecule has 0 aromatic carbocycles. The molecule has 1 amide bonds. The van der Waals surface area contributed by atoms with Gasteiger partial charge < -0.3 is 21.1 Å². The van der Waals surface area contributed by atoms with Crippen LogP contribution in [0.3, 0.4) is 0 Å². The number of alkyl carbamates (subject to hydrolysis) is 1. The van der Waals surface area contributed by atoms with E-state index in [1.165, 1.54) is 6.07 Å². The topological polar surface area (TPSA) is 102 Å². The van der Waals surface area contributed by atoms with Gasteiger partial charge >= 0.3 is 6.09 Å². The Kier molecular flexibility index (Phi) is 6.10. The van der Waals surface area contributed by atoms with E-state index in [1.807, 2.05) is 20.8 Å². The Labute approximate surface area is 147 Å². The van der Waals surface area contributed by atoms with Gasteiger partial charge in [0.05, 0.1) is 0 Å². The van der Waals surface area contributed by atoms with Crippen LogP contribution in [-0.2, 0) is 4.74 Å². The van der Waals surface area contributed by atoms with E-state index >= 15 is 0 Å². The Morgan fingerprint density at radius 1 is 1.33 bits per heavy atom. The fourth-order valence-corrected chi connectivity index (χ4v) is 2.93. The van der Waals surface area contributed by atoms with Gasteiger partial charge in [-0.1, -0.05) is 11.6 Å². The van der Waals surface area contributed by atoms with E-state index < -0.39 is 5.60 Å². The van der Waals surface area contributed by atoms with E-state index in [0.717, 1.165) is 32.2 Å². The van der Waals surface area contributed by atoms with Crippen molar-refractivity contribution in [2.75, 3.05) is 17.6 Å². The first-order valence-electron chi connectivity index (χ1n) is 8.25. The maximum Gasteiger partial charge on any atom is 0.407 e. The fourth-order valence-electron chi connectivity index (χ4n) is 2.73. The smallest absolute Gasteiger partial charge is 0.407 e. The van der Waals surface area contributed by atoms with E-state index in [2.05, 4.69) is 20.6 Å². The zero-order valence-corrected chi connectivity index (χ0v) is 15.2. The van der Waals surface area contributed by atoms with Crippen molar-refractivity contribution >= 4 is 29.5 Å². The van der Waals surface area contributed by atoms with Gasteiger partial charge in [-0.25, -0.2) is 9.78 Å². The fraction of sp³-hybridized carbons (Fsp3) is 0.688. The molecule has 1 heterocycles. The van der Waals surface area contributed by atoms with Crippen molar-refractivity contribution in [3.05, 3.63) is 11.2 Å². The minimum absolute atomic E-state index is 0.175. The number of aromatic nitrogens is 2. The van der Waals surface area contributed by atoms with Crippen LogP contribution in [0.4, 0.5) is 16.6 Å². The van der Waals surface area contributed by atoms with Crippen molar-refractivity contribution in [1.82, 2.24) is 15.3 Å². The van der Waals surface area contributed by atoms with Gasteiger partial charge in [0.1, 0.15) is 16.6 Å². The van der Waals surface area contributed by atoms with E-state index in [0.29, 0.717) is 22.8 Å². The molecule has 1 aromatic rings. The second kappa shape index (κ2) is 7.88. The van der Waals surface area contributed by atoms with Crippen molar-refractivity contribution in [1.29, 1.82) is 0 Å². The van der Waals surface area contributed by atoms with Crippen LogP contribution < -0.4 is 16.4 Å². The van der Waals surface area contributed by atoms with Crippen molar-refractivity contribution in [2.24, 2.45) is 5.92 Å². The quantitative estimate of drug-likeness (QED) is 0.717. The summed E-state index contributed by atoms with van der Waals surface area (Å²) in [4.78, 5) is 20.0. The summed E-state index contributed by atoms with van der Waals surface area (Å²) < 4.78 is 5.29. The van der Waals surface area contributed by atoms with E-state index in [-0.39, 0.29) is 12.1 Å². The van der Waals surface area contributed by atoms with Crippen molar-refractivity contribution in [3.8, 4) is 0 Å². The average Bonchev–Trinajstić information content (AvgIpc) is 2.43. The number of ether oxygens (including phenoxy) is 1. The molecule has 1 aromatic heterocycles. The third-order valence-electron chi connectivity index (χ3n) is 3.83. The predicted molar refractivity (Wildman–Crippen MR) is 95.1 cm³/mol. The first-order chi connectivity index (χ1) is 11.2. The highest BCUT2D eigenvalue weighted by atomic mass is 35.5. The summed E-state index contributed by atoms with van der Waals surface area (Å²) in [6, 6.07) is 1.69. The molecule has 0 bridgehead atoms. The standard InChI is InChI=1S/C16H26ClN5O2/c1-16(2,3)24-15(23)20-11-6-4-10(5-7-11)9-19-14-21-12(17)8-13(18)22-14/h8,10-11H,4-7,9H2,1-3H3,(H,20,23)(H3,18,19,21,22). The minimum Gasteiger partial charge on any atom is -0.444 e. The highest BCUT2D eigenvalue weighted by Crippen LogP contribution is 2.25. The first-order valence-corrected chi connectivity index (χ1v) is 8.62. The molecule has 0 aliphatic heterocycles. The summed E-state index contributed by atoms with van der Waals surface area (Å²) in [5.41, 5.74) is 5.18. The number of nitrogen functional groups attached to an aromatic ring is 1. The van der Waals surface area contributed by atoms with Gasteiger partial charge in [-0.15, -0.1) is 0 Å². The molecule has 24 heavy (non-hydrogen) atoms. The van der Waals surface area contributed by atoms with Crippen LogP contribution in [0.25, 0.3) is 0 Å². The van der Waals surface area contributed by atoms with Crippen molar-refractivity contribution < 1.29 is 9.53 Å². The number of hydrogen-bond donors (Lipinski definition) is 3. The minimum atomic E-state index is -0.468. The molecule has 1 aliphatic rings. The molecule has 2 rings (SSSR count). The Hall–Kier alpha value is -1.76. The molecule has 0 spiro atoms. The van der Waals surface area contributed by atoms with Crippen LogP contribution in [0.1, 0.15) is 46.5 Å². The van der Waals surface area contributed by atoms with Gasteiger partial charge in [-0.3, -0.25) is 0 Å². The third-order valence-corrected chi connectivity index (χ3v) is 4.02. The zero-order chi connectivity index (χ0) is 17.7. The lowest BCUT2D eigenvalue weighted by molar-refractivity contribution is 0.0488. The van der Waals surface area contributed by atoms with Crippen LogP contribution in [0.5, 0.6) is 0 Å². The van der Waals surface area contributed by atoms with Crippen LogP contribution in [-0.4, -0.2) is 34.2 Å². The monoisotopic (exact) mass is 355 g/mol. The molecule has 4 N–H and O–H groups in total. The summed E-state index contributed by atoms with van der Waals surface area (Å²) in [6.07, 6.45) is 3.56. The number of carbonyl (C=O) groups excluding carboxylic acids is 1. The number of nitrogens with two attached hydrogens (primary N) is 1. The van der Waals surface area contributed by atoms with E-state index in [1.54, 1.807) is 0 Å². The van der Waals surface area contributed by atoms with Gasteiger partial charge in [-0.2, -0.15) is 4.98 Å². The molecule has 1 saturated carbocycles. The van der Waals surface area contributed by atoms with Gasteiger partial charge in [0.2, 0.25) is 5.95 Å². The molecule has 1 aliphatic carbocycles. The summed E-state index contributed by atoms with van der Waals surface area (Å²) in [7, 11) is 0. The van der Waals surface area contributed by atoms with Gasteiger partial charge in [0, 0.05) is 18.7 Å². The number of hydrogen-bond acceptors (Lipinski definition) is 6. The van der Waals surface area contributed by atoms with E-state index in [9.17, 15) is 4.79 Å². The number of nitrogens with one attached hydrogen (secondary N) is 2. The second-order valence-corrected chi connectivity index (χ2v) is 7.57. The maximum absolute atomic E-state index is 11.8. The van der Waals surface area contributed by atoms with E-state index in [4.69, 9.17) is 22.1 Å². The number of rotatable bonds is 4. The second-order valence-electron chi connectivity index (χ2n) is 7.18. The van der Waals surface area contributed by atoms with Crippen molar-refractivity contribution in [2.45, 2.75) is 58.1 Å². The number of amides is 1. The SMILES string of the molecule is CC(C)(C)OC(=O)NC1CCC(CNc2nc(N)cc(Cl)n2)CC1. The Bertz CT molecular complexity index is 548. The average molecular weight is 356 g/mol. The highest BCUT2D eigenvalue weighted by molar-refractivity contribution is 6.29. The molecular weight excluding hydrogens is 330 g/mol. The van der Waals surface area contributed by atoms with Crippen molar-refractivity contribution in [3.63, 3.8) is 0 Å². The lowest BCUT2D eigenvalue weighted by Crippen LogP contribution is -2.41. The third kappa shape index (κ3) is 6.39. The molecule has 0 saturated heterocycles. The Morgan fingerprint density at radius 2 is 2.00 bits per heavy atom. The molecule has 0 radical (unpaired) electrons. The lowest BCUT2D eigenvalue weighted by atomic mass is 9.86. The molecule has 0 atom stereocenters. The lowest BCUT2D eigenvalue weighted by Gasteiger charge is -2.30. The molecule has 1 fully saturated rings. The van der Waals surface area contributed by atoms with Gasteiger partial charge in [0.25, 0.3) is 0 Å². The normalized spacial score (nSPS) is 21.2. The number of nitrogens with zero attached hydrogens (tertiary/aromatic N) is 2. The maximum atomic E-state index is 11.8. The summed E-state index contributed by atoms with van der Waals surface area (Å²) in [5.74, 6) is 1.31. The molecule has 134 valence electrons. The molecule has 8 heteroatoms. The van der Waals surface area contributed by atoms with Crippen LogP contribution in [0, 0.1) is 5.92 Å². The Morgan fingerprint density at radius 3 is 2.58 bits per heavy atom. The van der Waals surface area contributed by atoms with Crippen LogP contribution in [0.2, 0.25) is 5.15 Å². The summed E-state index contributed by atoms with van der Waals surface area (Å²) in [6.45, 7) is 6.35. The largest absolute Gasteiger partial charge is 0.444 e. The number of halogens is 1. The number of anilines is 2. The van der Waals surface area contributed by atoms with Crippen LogP contribution in [0.15, 0.2) is 6.07 Å². The van der Waals surface area contributed by atoms with Gasteiger partial charge in [0.15, 0.2) is 0 Å². The predicted octanol–water partition coefficient (Wildman–Crippen LogP) is 3.21. The highest BCUT2D eigenvalue weighted by Gasteiger charge is 2.24. The number of carbonyl (C=O) groups is 1. The first kappa shape index (κ1) is 18.6. The summed E-state index contributed by atoms with van der Waals surface area (Å²) >= 11 is 5.86. The zero-order valence-electron chi connectivity index (χ0n) is 14.4. The Balaban J connectivity index is 1.72. The molecule has 0 unspecified atom stereocenters. The van der Waals surface area contributed by atoms with Gasteiger partial charge in [-0.05, 0) is 52.4 Å². The molecule has 7 nitrogen and oxygen atoms in total. The van der Waals surface area contributed by atoms with Crippen LogP contribution >= 0.6 is 11.6 Å².